The standard InChI is InChI=1S/C25H19ClFNO3S2/c1-30-19-9-6-16(7-10-19)14-28-24(29)23(33-25(28)32)13-17-8-11-22(20(26)12-17)31-15-18-4-2-3-5-21(18)27/h2-13H,14-15H2,1H3/b23-13-. The van der Waals surface area contributed by atoms with Crippen LogP contribution in [0.2, 0.25) is 5.02 Å². The number of methoxy groups -OCH3 is 1. The lowest BCUT2D eigenvalue weighted by atomic mass is 10.2. The van der Waals surface area contributed by atoms with Gasteiger partial charge < -0.3 is 9.47 Å². The van der Waals surface area contributed by atoms with Crippen molar-refractivity contribution in [3.63, 3.8) is 0 Å². The van der Waals surface area contributed by atoms with Gasteiger partial charge in [0.05, 0.1) is 23.6 Å². The molecule has 1 fully saturated rings. The Bertz CT molecular complexity index is 1230. The second-order valence-corrected chi connectivity index (χ2v) is 9.27. The first-order valence-electron chi connectivity index (χ1n) is 9.98. The molecule has 4 rings (SSSR count). The summed E-state index contributed by atoms with van der Waals surface area (Å²) >= 11 is 13.0. The lowest BCUT2D eigenvalue weighted by Gasteiger charge is -2.14. The molecule has 0 saturated carbocycles. The van der Waals surface area contributed by atoms with Crippen LogP contribution in [0.15, 0.2) is 71.6 Å². The van der Waals surface area contributed by atoms with E-state index in [1.807, 2.05) is 24.3 Å². The summed E-state index contributed by atoms with van der Waals surface area (Å²) in [4.78, 5) is 15.0. The number of amides is 1. The Morgan fingerprint density at radius 1 is 1.12 bits per heavy atom. The zero-order valence-corrected chi connectivity index (χ0v) is 20.0. The highest BCUT2D eigenvalue weighted by atomic mass is 35.5. The normalized spacial score (nSPS) is 14.8. The lowest BCUT2D eigenvalue weighted by molar-refractivity contribution is -0.122. The van der Waals surface area contributed by atoms with Crippen molar-refractivity contribution in [1.29, 1.82) is 0 Å². The summed E-state index contributed by atoms with van der Waals surface area (Å²) in [5, 5.41) is 0.369. The Kier molecular flexibility index (Phi) is 7.33. The van der Waals surface area contributed by atoms with Crippen LogP contribution >= 0.6 is 35.6 Å². The van der Waals surface area contributed by atoms with Gasteiger partial charge in [-0.2, -0.15) is 0 Å². The van der Waals surface area contributed by atoms with Gasteiger partial charge in [-0.15, -0.1) is 0 Å². The maximum absolute atomic E-state index is 13.8. The van der Waals surface area contributed by atoms with Crippen LogP contribution < -0.4 is 9.47 Å². The number of thioether (sulfide) groups is 1. The average molecular weight is 500 g/mol. The zero-order chi connectivity index (χ0) is 23.4. The smallest absolute Gasteiger partial charge is 0.266 e. The molecule has 3 aromatic carbocycles. The molecule has 0 aromatic heterocycles. The van der Waals surface area contributed by atoms with Crippen LogP contribution in [-0.2, 0) is 17.9 Å². The van der Waals surface area contributed by atoms with Gasteiger partial charge in [0.1, 0.15) is 28.2 Å². The highest BCUT2D eigenvalue weighted by Crippen LogP contribution is 2.35. The van der Waals surface area contributed by atoms with Crippen molar-refractivity contribution in [2.45, 2.75) is 13.2 Å². The molecule has 0 aliphatic carbocycles. The molecule has 8 heteroatoms. The van der Waals surface area contributed by atoms with Gasteiger partial charge in [0.15, 0.2) is 0 Å². The van der Waals surface area contributed by atoms with Crippen LogP contribution in [0.25, 0.3) is 6.08 Å². The molecule has 0 bridgehead atoms. The number of nitrogens with zero attached hydrogens (tertiary/aromatic N) is 1. The highest BCUT2D eigenvalue weighted by molar-refractivity contribution is 8.26. The molecular weight excluding hydrogens is 481 g/mol. The van der Waals surface area contributed by atoms with Gasteiger partial charge in [-0.25, -0.2) is 4.39 Å². The minimum absolute atomic E-state index is 0.0652. The summed E-state index contributed by atoms with van der Waals surface area (Å²) in [7, 11) is 1.61. The molecular formula is C25H19ClFNO3S2. The summed E-state index contributed by atoms with van der Waals surface area (Å²) in [5.41, 5.74) is 2.13. The third-order valence-electron chi connectivity index (χ3n) is 4.97. The fraction of sp³-hybridized carbons (Fsp3) is 0.120. The molecule has 0 spiro atoms. The largest absolute Gasteiger partial charge is 0.497 e. The van der Waals surface area contributed by atoms with Crippen molar-refractivity contribution in [1.82, 2.24) is 4.90 Å². The number of carbonyl (C=O) groups excluding carboxylic acids is 1. The Balaban J connectivity index is 1.44. The van der Waals surface area contributed by atoms with E-state index in [2.05, 4.69) is 0 Å². The summed E-state index contributed by atoms with van der Waals surface area (Å²) in [5.74, 6) is 0.699. The molecule has 4 nitrogen and oxygen atoms in total. The van der Waals surface area contributed by atoms with Crippen LogP contribution in [0.3, 0.4) is 0 Å². The van der Waals surface area contributed by atoms with E-state index >= 15 is 0 Å². The van der Waals surface area contributed by atoms with E-state index < -0.39 is 0 Å². The Hall–Kier alpha value is -2.87. The number of benzene rings is 3. The van der Waals surface area contributed by atoms with Crippen LogP contribution in [0.4, 0.5) is 4.39 Å². The van der Waals surface area contributed by atoms with Crippen LogP contribution in [0.1, 0.15) is 16.7 Å². The van der Waals surface area contributed by atoms with Gasteiger partial charge in [0.2, 0.25) is 0 Å². The van der Waals surface area contributed by atoms with E-state index in [0.29, 0.717) is 32.1 Å². The molecule has 0 atom stereocenters. The van der Waals surface area contributed by atoms with Crippen molar-refractivity contribution < 1.29 is 18.7 Å². The number of halogens is 2. The fourth-order valence-electron chi connectivity index (χ4n) is 3.20. The quantitative estimate of drug-likeness (QED) is 0.275. The molecule has 1 aliphatic heterocycles. The Morgan fingerprint density at radius 2 is 1.88 bits per heavy atom. The molecule has 1 saturated heterocycles. The first-order chi connectivity index (χ1) is 15.9. The average Bonchev–Trinajstić information content (AvgIpc) is 3.07. The molecule has 0 N–H and O–H groups in total. The molecule has 1 amide bonds. The van der Waals surface area contributed by atoms with E-state index in [4.69, 9.17) is 33.3 Å². The Morgan fingerprint density at radius 3 is 2.58 bits per heavy atom. The molecule has 33 heavy (non-hydrogen) atoms. The molecule has 3 aromatic rings. The monoisotopic (exact) mass is 499 g/mol. The number of ether oxygens (including phenoxy) is 2. The van der Waals surface area contributed by atoms with Gasteiger partial charge >= 0.3 is 0 Å². The number of carbonyl (C=O) groups is 1. The third-order valence-corrected chi connectivity index (χ3v) is 6.64. The maximum Gasteiger partial charge on any atom is 0.266 e. The molecule has 168 valence electrons. The minimum atomic E-state index is -0.332. The number of hydrogen-bond acceptors (Lipinski definition) is 5. The summed E-state index contributed by atoms with van der Waals surface area (Å²) in [6.07, 6.45) is 1.75. The van der Waals surface area contributed by atoms with Gasteiger partial charge in [-0.05, 0) is 47.5 Å². The summed E-state index contributed by atoms with van der Waals surface area (Å²) < 4.78 is 25.1. The van der Waals surface area contributed by atoms with Crippen molar-refractivity contribution in [3.05, 3.63) is 99.2 Å². The predicted octanol–water partition coefficient (Wildman–Crippen LogP) is 6.47. The van der Waals surface area contributed by atoms with E-state index in [0.717, 1.165) is 16.9 Å². The number of thiocarbonyl (C=S) groups is 1. The van der Waals surface area contributed by atoms with Crippen LogP contribution in [0.5, 0.6) is 11.5 Å². The molecule has 1 aliphatic rings. The van der Waals surface area contributed by atoms with Crippen LogP contribution in [0, 0.1) is 5.82 Å². The van der Waals surface area contributed by atoms with Crippen molar-refractivity contribution in [3.8, 4) is 11.5 Å². The van der Waals surface area contributed by atoms with Crippen molar-refractivity contribution in [2.75, 3.05) is 7.11 Å². The molecule has 0 unspecified atom stereocenters. The van der Waals surface area contributed by atoms with Crippen molar-refractivity contribution in [2.24, 2.45) is 0 Å². The van der Waals surface area contributed by atoms with Crippen LogP contribution in [-0.4, -0.2) is 22.2 Å². The minimum Gasteiger partial charge on any atom is -0.497 e. The van der Waals surface area contributed by atoms with Gasteiger partial charge in [-0.3, -0.25) is 9.69 Å². The van der Waals surface area contributed by atoms with E-state index in [9.17, 15) is 9.18 Å². The van der Waals surface area contributed by atoms with Crippen molar-refractivity contribution >= 4 is 51.9 Å². The zero-order valence-electron chi connectivity index (χ0n) is 17.6. The predicted molar refractivity (Wildman–Crippen MR) is 134 cm³/mol. The summed E-state index contributed by atoms with van der Waals surface area (Å²) in [6.45, 7) is 0.450. The van der Waals surface area contributed by atoms with E-state index in [1.165, 1.54) is 17.8 Å². The molecule has 0 radical (unpaired) electrons. The number of rotatable bonds is 7. The first-order valence-corrected chi connectivity index (χ1v) is 11.6. The Labute approximate surface area is 206 Å². The fourth-order valence-corrected chi connectivity index (χ4v) is 4.69. The highest BCUT2D eigenvalue weighted by Gasteiger charge is 2.32. The van der Waals surface area contributed by atoms with Gasteiger partial charge in [-0.1, -0.05) is 72.0 Å². The third kappa shape index (κ3) is 5.55. The van der Waals surface area contributed by atoms with Gasteiger partial charge in [0, 0.05) is 5.56 Å². The second kappa shape index (κ2) is 10.4. The topological polar surface area (TPSA) is 38.8 Å². The lowest BCUT2D eigenvalue weighted by Crippen LogP contribution is -2.27. The first kappa shape index (κ1) is 23.3. The second-order valence-electron chi connectivity index (χ2n) is 7.19. The SMILES string of the molecule is COc1ccc(CN2C(=O)/C(=C/c3ccc(OCc4ccccc4F)c(Cl)c3)SC2=S)cc1. The summed E-state index contributed by atoms with van der Waals surface area (Å²) in [6, 6.07) is 19.1. The number of hydrogen-bond donors (Lipinski definition) is 0. The van der Waals surface area contributed by atoms with E-state index in [1.54, 1.807) is 54.5 Å². The van der Waals surface area contributed by atoms with Gasteiger partial charge in [0.25, 0.3) is 5.91 Å². The molecule has 1 heterocycles. The maximum atomic E-state index is 13.8. The van der Waals surface area contributed by atoms with E-state index in [-0.39, 0.29) is 18.3 Å².